The zero-order valence-corrected chi connectivity index (χ0v) is 23.2. The van der Waals surface area contributed by atoms with E-state index in [4.69, 9.17) is 4.74 Å². The Kier molecular flexibility index (Phi) is 10.5. The van der Waals surface area contributed by atoms with E-state index in [2.05, 4.69) is 5.32 Å². The topological polar surface area (TPSA) is 96.0 Å². The number of para-hydroxylation sites is 2. The van der Waals surface area contributed by atoms with Crippen LogP contribution in [0.15, 0.2) is 48.5 Å². The molecule has 10 heteroatoms. The third kappa shape index (κ3) is 7.93. The molecule has 208 valence electrons. The van der Waals surface area contributed by atoms with Gasteiger partial charge in [-0.1, -0.05) is 43.2 Å². The Labute approximate surface area is 225 Å². The number of nitrogens with one attached hydrogen (secondary N) is 1. The van der Waals surface area contributed by atoms with Crippen molar-refractivity contribution in [2.45, 2.75) is 71.0 Å². The van der Waals surface area contributed by atoms with Crippen molar-refractivity contribution in [2.24, 2.45) is 0 Å². The molecule has 0 spiro atoms. The molecule has 2 aromatic rings. The van der Waals surface area contributed by atoms with Crippen molar-refractivity contribution < 1.29 is 27.1 Å². The first-order chi connectivity index (χ1) is 18.1. The SMILES string of the molecule is CCOc1ccccc1N(CCCC(=O)N(Cc1ccccc1F)[C@H](C)C(=O)NC1CCCC1)S(C)(=O)=O. The molecule has 0 unspecified atom stereocenters. The van der Waals surface area contributed by atoms with Crippen LogP contribution in [0, 0.1) is 5.82 Å². The Morgan fingerprint density at radius 1 is 1.11 bits per heavy atom. The number of ether oxygens (including phenoxy) is 1. The molecule has 38 heavy (non-hydrogen) atoms. The number of amides is 2. The van der Waals surface area contributed by atoms with Crippen LogP contribution in [0.2, 0.25) is 0 Å². The first-order valence-electron chi connectivity index (χ1n) is 13.1. The summed E-state index contributed by atoms with van der Waals surface area (Å²) in [7, 11) is -3.66. The molecule has 1 fully saturated rings. The molecular weight excluding hydrogens is 509 g/mol. The number of sulfonamides is 1. The Morgan fingerprint density at radius 2 is 1.76 bits per heavy atom. The standard InChI is InChI=1S/C28H38FN3O5S/c1-4-37-26-17-10-9-16-25(26)32(38(3,35)36)19-11-18-27(33)31(20-22-12-5-8-15-24(22)29)21(2)28(34)30-23-13-6-7-14-23/h5,8-10,12,15-17,21,23H,4,6-7,11,13-14,18-20H2,1-3H3,(H,30,34)/t21-/m1/s1. The normalized spacial score (nSPS) is 14.6. The van der Waals surface area contributed by atoms with E-state index in [1.165, 1.54) is 15.3 Å². The number of anilines is 1. The smallest absolute Gasteiger partial charge is 0.242 e. The minimum absolute atomic E-state index is 0.0156. The van der Waals surface area contributed by atoms with Gasteiger partial charge >= 0.3 is 0 Å². The maximum Gasteiger partial charge on any atom is 0.242 e. The second kappa shape index (κ2) is 13.6. The van der Waals surface area contributed by atoms with Crippen LogP contribution < -0.4 is 14.4 Å². The molecule has 8 nitrogen and oxygen atoms in total. The Morgan fingerprint density at radius 3 is 2.42 bits per heavy atom. The summed E-state index contributed by atoms with van der Waals surface area (Å²) < 4.78 is 46.5. The predicted octanol–water partition coefficient (Wildman–Crippen LogP) is 4.25. The number of nitrogens with zero attached hydrogens (tertiary/aromatic N) is 2. The molecule has 1 atom stereocenters. The van der Waals surface area contributed by atoms with Crippen LogP contribution in [0.3, 0.4) is 0 Å². The molecule has 1 saturated carbocycles. The molecule has 0 heterocycles. The summed E-state index contributed by atoms with van der Waals surface area (Å²) in [5.74, 6) is -0.645. The third-order valence-electron chi connectivity index (χ3n) is 6.75. The van der Waals surface area contributed by atoms with Crippen molar-refractivity contribution in [2.75, 3.05) is 23.7 Å². The number of hydrogen-bond donors (Lipinski definition) is 1. The van der Waals surface area contributed by atoms with Gasteiger partial charge in [0.1, 0.15) is 17.6 Å². The monoisotopic (exact) mass is 547 g/mol. The highest BCUT2D eigenvalue weighted by molar-refractivity contribution is 7.92. The number of halogens is 1. The van der Waals surface area contributed by atoms with Gasteiger partial charge in [-0.05, 0) is 51.3 Å². The second-order valence-corrected chi connectivity index (χ2v) is 11.5. The summed E-state index contributed by atoms with van der Waals surface area (Å²) in [6.07, 6.45) is 5.22. The van der Waals surface area contributed by atoms with Crippen molar-refractivity contribution in [3.8, 4) is 5.75 Å². The molecule has 0 aromatic heterocycles. The summed E-state index contributed by atoms with van der Waals surface area (Å²) in [6.45, 7) is 3.82. The van der Waals surface area contributed by atoms with E-state index in [-0.39, 0.29) is 43.8 Å². The van der Waals surface area contributed by atoms with Crippen LogP contribution in [0.4, 0.5) is 10.1 Å². The molecule has 0 aliphatic heterocycles. The van der Waals surface area contributed by atoms with Crippen LogP contribution in [0.25, 0.3) is 0 Å². The van der Waals surface area contributed by atoms with E-state index in [1.54, 1.807) is 49.4 Å². The minimum atomic E-state index is -3.66. The fraction of sp³-hybridized carbons (Fsp3) is 0.500. The van der Waals surface area contributed by atoms with Gasteiger partial charge in [0.15, 0.2) is 0 Å². The van der Waals surface area contributed by atoms with Crippen molar-refractivity contribution in [3.05, 3.63) is 59.9 Å². The molecule has 1 aliphatic rings. The lowest BCUT2D eigenvalue weighted by atomic mass is 10.1. The van der Waals surface area contributed by atoms with Crippen LogP contribution in [0.5, 0.6) is 5.75 Å². The van der Waals surface area contributed by atoms with Crippen molar-refractivity contribution in [1.82, 2.24) is 10.2 Å². The van der Waals surface area contributed by atoms with Crippen LogP contribution in [-0.2, 0) is 26.2 Å². The van der Waals surface area contributed by atoms with E-state index in [1.807, 2.05) is 6.92 Å². The average molecular weight is 548 g/mol. The maximum atomic E-state index is 14.5. The largest absolute Gasteiger partial charge is 0.492 e. The molecule has 0 bridgehead atoms. The van der Waals surface area contributed by atoms with Crippen molar-refractivity contribution in [3.63, 3.8) is 0 Å². The Bertz CT molecular complexity index is 1200. The van der Waals surface area contributed by atoms with Crippen molar-refractivity contribution in [1.29, 1.82) is 0 Å². The lowest BCUT2D eigenvalue weighted by Crippen LogP contribution is -2.49. The zero-order valence-electron chi connectivity index (χ0n) is 22.4. The van der Waals surface area contributed by atoms with Gasteiger partial charge in [-0.25, -0.2) is 12.8 Å². The number of benzene rings is 2. The fourth-order valence-electron chi connectivity index (χ4n) is 4.71. The predicted molar refractivity (Wildman–Crippen MR) is 146 cm³/mol. The molecular formula is C28H38FN3O5S. The number of carbonyl (C=O) groups is 2. The van der Waals surface area contributed by atoms with Gasteiger partial charge in [-0.2, -0.15) is 0 Å². The Hall–Kier alpha value is -3.14. The fourth-order valence-corrected chi connectivity index (χ4v) is 5.68. The van der Waals surface area contributed by atoms with Crippen LogP contribution >= 0.6 is 0 Å². The minimum Gasteiger partial charge on any atom is -0.492 e. The van der Waals surface area contributed by atoms with Gasteiger partial charge in [0.25, 0.3) is 0 Å². The second-order valence-electron chi connectivity index (χ2n) is 9.62. The van der Waals surface area contributed by atoms with Gasteiger partial charge in [-0.15, -0.1) is 0 Å². The highest BCUT2D eigenvalue weighted by Crippen LogP contribution is 2.30. The quantitative estimate of drug-likeness (QED) is 0.405. The average Bonchev–Trinajstić information content (AvgIpc) is 3.39. The Balaban J connectivity index is 1.75. The van der Waals surface area contributed by atoms with Gasteiger partial charge in [-0.3, -0.25) is 13.9 Å². The molecule has 3 rings (SSSR count). The molecule has 1 N–H and O–H groups in total. The van der Waals surface area contributed by atoms with E-state index in [0.29, 0.717) is 23.6 Å². The zero-order chi connectivity index (χ0) is 27.7. The first-order valence-corrected chi connectivity index (χ1v) is 15.0. The highest BCUT2D eigenvalue weighted by atomic mass is 32.2. The lowest BCUT2D eigenvalue weighted by molar-refractivity contribution is -0.141. The van der Waals surface area contributed by atoms with Crippen LogP contribution in [0.1, 0.15) is 57.9 Å². The molecule has 2 amide bonds. The maximum absolute atomic E-state index is 14.5. The lowest BCUT2D eigenvalue weighted by Gasteiger charge is -2.30. The van der Waals surface area contributed by atoms with E-state index >= 15 is 0 Å². The summed E-state index contributed by atoms with van der Waals surface area (Å²) in [4.78, 5) is 27.8. The summed E-state index contributed by atoms with van der Waals surface area (Å²) in [5.41, 5.74) is 0.710. The number of carbonyl (C=O) groups excluding carboxylic acids is 2. The van der Waals surface area contributed by atoms with Crippen molar-refractivity contribution >= 4 is 27.5 Å². The van der Waals surface area contributed by atoms with E-state index in [9.17, 15) is 22.4 Å². The highest BCUT2D eigenvalue weighted by Gasteiger charge is 2.29. The molecule has 0 radical (unpaired) electrons. The molecule has 1 aliphatic carbocycles. The van der Waals surface area contributed by atoms with Gasteiger partial charge in [0.2, 0.25) is 21.8 Å². The van der Waals surface area contributed by atoms with Gasteiger partial charge in [0, 0.05) is 31.1 Å². The van der Waals surface area contributed by atoms with E-state index in [0.717, 1.165) is 31.9 Å². The summed E-state index contributed by atoms with van der Waals surface area (Å²) >= 11 is 0. The van der Waals surface area contributed by atoms with Gasteiger partial charge in [0.05, 0.1) is 18.6 Å². The summed E-state index contributed by atoms with van der Waals surface area (Å²) in [6, 6.07) is 12.3. The number of rotatable bonds is 13. The molecule has 2 aromatic carbocycles. The summed E-state index contributed by atoms with van der Waals surface area (Å²) in [5, 5.41) is 3.02. The third-order valence-corrected chi connectivity index (χ3v) is 7.93. The van der Waals surface area contributed by atoms with Gasteiger partial charge < -0.3 is 15.0 Å². The molecule has 0 saturated heterocycles. The first kappa shape index (κ1) is 29.4. The van der Waals surface area contributed by atoms with Crippen LogP contribution in [-0.4, -0.2) is 56.6 Å². The number of hydrogen-bond acceptors (Lipinski definition) is 5. The van der Waals surface area contributed by atoms with E-state index < -0.39 is 21.9 Å².